The molecule has 1 aliphatic rings. The molecule has 26 heavy (non-hydrogen) atoms. The van der Waals surface area contributed by atoms with Gasteiger partial charge < -0.3 is 9.80 Å². The van der Waals surface area contributed by atoms with Gasteiger partial charge in [-0.25, -0.2) is 9.97 Å². The fourth-order valence-corrected chi connectivity index (χ4v) is 4.94. The number of piperazine rings is 1. The van der Waals surface area contributed by atoms with Gasteiger partial charge in [-0.15, -0.1) is 11.3 Å². The van der Waals surface area contributed by atoms with Crippen LogP contribution in [0.4, 0.5) is 5.69 Å². The Balaban J connectivity index is 1.38. The summed E-state index contributed by atoms with van der Waals surface area (Å²) >= 11 is 3.13. The molecule has 0 spiro atoms. The van der Waals surface area contributed by atoms with E-state index >= 15 is 0 Å². The zero-order chi connectivity index (χ0) is 17.9. The van der Waals surface area contributed by atoms with Crippen LogP contribution in [0.25, 0.3) is 10.2 Å². The van der Waals surface area contributed by atoms with Crippen molar-refractivity contribution < 1.29 is 4.79 Å². The third-order valence-corrected chi connectivity index (χ3v) is 6.50. The van der Waals surface area contributed by atoms with Crippen LogP contribution in [0, 0.1) is 0 Å². The average Bonchev–Trinajstić information content (AvgIpc) is 3.18. The lowest BCUT2D eigenvalue weighted by Gasteiger charge is -2.37. The summed E-state index contributed by atoms with van der Waals surface area (Å²) in [6.07, 6.45) is 1.58. The summed E-state index contributed by atoms with van der Waals surface area (Å²) in [6.45, 7) is 5.23. The third-order valence-electron chi connectivity index (χ3n) is 4.57. The van der Waals surface area contributed by atoms with E-state index in [0.717, 1.165) is 41.4 Å². The van der Waals surface area contributed by atoms with Crippen LogP contribution in [0.2, 0.25) is 0 Å². The van der Waals surface area contributed by atoms with Gasteiger partial charge >= 0.3 is 0 Å². The second-order valence-corrected chi connectivity index (χ2v) is 8.45. The van der Waals surface area contributed by atoms with Crippen molar-refractivity contribution in [3.05, 3.63) is 48.1 Å². The van der Waals surface area contributed by atoms with Crippen LogP contribution in [-0.2, 0) is 4.79 Å². The predicted octanol–water partition coefficient (Wildman–Crippen LogP) is 3.52. The molecule has 134 valence electrons. The lowest BCUT2D eigenvalue weighted by atomic mass is 10.2. The summed E-state index contributed by atoms with van der Waals surface area (Å²) < 4.78 is 0. The molecule has 5 nitrogen and oxygen atoms in total. The Morgan fingerprint density at radius 3 is 2.65 bits per heavy atom. The van der Waals surface area contributed by atoms with Gasteiger partial charge in [0.05, 0.1) is 5.25 Å². The Morgan fingerprint density at radius 1 is 1.12 bits per heavy atom. The van der Waals surface area contributed by atoms with E-state index in [1.54, 1.807) is 17.7 Å². The number of aromatic nitrogens is 2. The maximum absolute atomic E-state index is 12.9. The molecule has 0 aliphatic carbocycles. The van der Waals surface area contributed by atoms with Crippen molar-refractivity contribution in [2.24, 2.45) is 0 Å². The van der Waals surface area contributed by atoms with Gasteiger partial charge in [0.15, 0.2) is 0 Å². The van der Waals surface area contributed by atoms with Crippen LogP contribution in [0.1, 0.15) is 6.92 Å². The molecule has 1 amide bonds. The Morgan fingerprint density at radius 2 is 1.88 bits per heavy atom. The van der Waals surface area contributed by atoms with Gasteiger partial charge in [-0.2, -0.15) is 0 Å². The topological polar surface area (TPSA) is 49.3 Å². The molecule has 0 N–H and O–H groups in total. The molecular formula is C19H20N4OS2. The van der Waals surface area contributed by atoms with Gasteiger partial charge in [-0.05, 0) is 30.5 Å². The van der Waals surface area contributed by atoms with Crippen LogP contribution < -0.4 is 4.90 Å². The van der Waals surface area contributed by atoms with Crippen LogP contribution in [0.3, 0.4) is 0 Å². The summed E-state index contributed by atoms with van der Waals surface area (Å²) in [5.41, 5.74) is 1.22. The number of nitrogens with zero attached hydrogens (tertiary/aromatic N) is 4. The first-order valence-corrected chi connectivity index (χ1v) is 10.4. The van der Waals surface area contributed by atoms with Gasteiger partial charge in [0, 0.05) is 37.3 Å². The monoisotopic (exact) mass is 384 g/mol. The maximum Gasteiger partial charge on any atom is 0.235 e. The van der Waals surface area contributed by atoms with E-state index in [0.29, 0.717) is 0 Å². The first-order valence-electron chi connectivity index (χ1n) is 8.66. The number of benzene rings is 1. The molecule has 1 aliphatic heterocycles. The number of rotatable bonds is 4. The number of anilines is 1. The second kappa shape index (κ2) is 7.63. The normalized spacial score (nSPS) is 16.0. The van der Waals surface area contributed by atoms with Crippen molar-refractivity contribution >= 4 is 44.9 Å². The summed E-state index contributed by atoms with van der Waals surface area (Å²) in [5.74, 6) is 0.185. The van der Waals surface area contributed by atoms with Crippen LogP contribution >= 0.6 is 23.1 Å². The maximum atomic E-state index is 12.9. The Bertz CT molecular complexity index is 891. The lowest BCUT2D eigenvalue weighted by molar-refractivity contribution is -0.130. The molecule has 3 heterocycles. The highest BCUT2D eigenvalue weighted by Crippen LogP contribution is 2.31. The zero-order valence-corrected chi connectivity index (χ0v) is 16.2. The van der Waals surface area contributed by atoms with Crippen molar-refractivity contribution in [3.8, 4) is 0 Å². The number of carbonyl (C=O) groups excluding carboxylic acids is 1. The number of thioether (sulfide) groups is 1. The molecule has 1 atom stereocenters. The fraction of sp³-hybridized carbons (Fsp3) is 0.316. The van der Waals surface area contributed by atoms with Gasteiger partial charge in [-0.3, -0.25) is 4.79 Å². The van der Waals surface area contributed by atoms with E-state index in [-0.39, 0.29) is 11.2 Å². The molecule has 0 bridgehead atoms. The Kier molecular flexibility index (Phi) is 5.08. The van der Waals surface area contributed by atoms with Crippen LogP contribution in [-0.4, -0.2) is 52.2 Å². The largest absolute Gasteiger partial charge is 0.368 e. The highest BCUT2D eigenvalue weighted by Gasteiger charge is 2.26. The first kappa shape index (κ1) is 17.3. The first-order chi connectivity index (χ1) is 12.7. The van der Waals surface area contributed by atoms with Crippen molar-refractivity contribution in [2.75, 3.05) is 31.1 Å². The van der Waals surface area contributed by atoms with Gasteiger partial charge in [-0.1, -0.05) is 30.0 Å². The summed E-state index contributed by atoms with van der Waals surface area (Å²) in [5, 5.41) is 3.78. The number of thiophene rings is 1. The standard InChI is InChI=1S/C19H20N4OS2/c1-14(26-18-16-7-12-25-17(16)20-13-21-18)19(24)23-10-8-22(9-11-23)15-5-3-2-4-6-15/h2-7,12-14H,8-11H2,1H3/t14-/m0/s1. The molecular weight excluding hydrogens is 364 g/mol. The van der Waals surface area contributed by atoms with Crippen molar-refractivity contribution in [1.82, 2.24) is 14.9 Å². The number of hydrogen-bond donors (Lipinski definition) is 0. The van der Waals surface area contributed by atoms with Gasteiger partial charge in [0.1, 0.15) is 16.2 Å². The smallest absolute Gasteiger partial charge is 0.235 e. The zero-order valence-electron chi connectivity index (χ0n) is 14.5. The molecule has 1 fully saturated rings. The number of amides is 1. The fourth-order valence-electron chi connectivity index (χ4n) is 3.16. The molecule has 0 unspecified atom stereocenters. The average molecular weight is 385 g/mol. The molecule has 2 aromatic heterocycles. The molecule has 1 saturated heterocycles. The molecule has 3 aromatic rings. The number of carbonyl (C=O) groups is 1. The minimum atomic E-state index is -0.156. The molecule has 1 aromatic carbocycles. The minimum Gasteiger partial charge on any atom is -0.368 e. The number of para-hydroxylation sites is 1. The highest BCUT2D eigenvalue weighted by molar-refractivity contribution is 8.00. The second-order valence-electron chi connectivity index (χ2n) is 6.23. The molecule has 4 rings (SSSR count). The lowest BCUT2D eigenvalue weighted by Crippen LogP contribution is -2.50. The quantitative estimate of drug-likeness (QED) is 0.509. The Labute approximate surface area is 161 Å². The predicted molar refractivity (Wildman–Crippen MR) is 108 cm³/mol. The number of hydrogen-bond acceptors (Lipinski definition) is 6. The van der Waals surface area contributed by atoms with E-state index in [2.05, 4.69) is 39.1 Å². The highest BCUT2D eigenvalue weighted by atomic mass is 32.2. The minimum absolute atomic E-state index is 0.156. The number of fused-ring (bicyclic) bond motifs is 1. The van der Waals surface area contributed by atoms with Crippen LogP contribution in [0.5, 0.6) is 0 Å². The Hall–Kier alpha value is -2.12. The van der Waals surface area contributed by atoms with E-state index in [4.69, 9.17) is 0 Å². The van der Waals surface area contributed by atoms with E-state index < -0.39 is 0 Å². The van der Waals surface area contributed by atoms with Gasteiger partial charge in [0.25, 0.3) is 0 Å². The van der Waals surface area contributed by atoms with Crippen molar-refractivity contribution in [2.45, 2.75) is 17.2 Å². The van der Waals surface area contributed by atoms with E-state index in [9.17, 15) is 4.79 Å². The molecule has 0 radical (unpaired) electrons. The summed E-state index contributed by atoms with van der Waals surface area (Å²) in [6, 6.07) is 12.4. The third kappa shape index (κ3) is 3.54. The summed E-state index contributed by atoms with van der Waals surface area (Å²) in [4.78, 5) is 26.8. The van der Waals surface area contributed by atoms with E-state index in [1.165, 1.54) is 17.4 Å². The van der Waals surface area contributed by atoms with Crippen LogP contribution in [0.15, 0.2) is 53.1 Å². The summed E-state index contributed by atoms with van der Waals surface area (Å²) in [7, 11) is 0. The van der Waals surface area contributed by atoms with Crippen molar-refractivity contribution in [1.29, 1.82) is 0 Å². The molecule has 0 saturated carbocycles. The molecule has 7 heteroatoms. The van der Waals surface area contributed by atoms with Gasteiger partial charge in [0.2, 0.25) is 5.91 Å². The van der Waals surface area contributed by atoms with E-state index in [1.807, 2.05) is 29.3 Å². The van der Waals surface area contributed by atoms with Crippen molar-refractivity contribution in [3.63, 3.8) is 0 Å². The SMILES string of the molecule is C[C@H](Sc1ncnc2sccc12)C(=O)N1CCN(c2ccccc2)CC1.